The molecular weight excluding hydrogens is 322 g/mol. The Morgan fingerprint density at radius 1 is 1.00 bits per heavy atom. The molecule has 0 spiro atoms. The molecule has 0 aliphatic carbocycles. The molecule has 2 aromatic rings. The van der Waals surface area contributed by atoms with E-state index in [1.807, 2.05) is 24.3 Å². The van der Waals surface area contributed by atoms with E-state index in [0.29, 0.717) is 17.7 Å². The second-order valence-electron chi connectivity index (χ2n) is 6.15. The lowest BCUT2D eigenvalue weighted by atomic mass is 10.1. The first-order valence-corrected chi connectivity index (χ1v) is 9.79. The highest BCUT2D eigenvalue weighted by atomic mass is 32.2. The van der Waals surface area contributed by atoms with Gasteiger partial charge in [-0.15, -0.1) is 0 Å². The van der Waals surface area contributed by atoms with Crippen LogP contribution < -0.4 is 4.74 Å². The summed E-state index contributed by atoms with van der Waals surface area (Å²) < 4.78 is 30.8. The molecule has 0 amide bonds. The zero-order chi connectivity index (χ0) is 17.0. The van der Waals surface area contributed by atoms with Crippen LogP contribution in [0.2, 0.25) is 0 Å². The van der Waals surface area contributed by atoms with Crippen LogP contribution in [-0.2, 0) is 16.4 Å². The molecule has 1 aliphatic heterocycles. The van der Waals surface area contributed by atoms with Gasteiger partial charge in [0.2, 0.25) is 0 Å². The van der Waals surface area contributed by atoms with Crippen LogP contribution in [-0.4, -0.2) is 38.8 Å². The molecule has 1 aliphatic rings. The summed E-state index contributed by atoms with van der Waals surface area (Å²) in [4.78, 5) is 2.74. The number of hydrogen-bond acceptors (Lipinski definition) is 4. The van der Waals surface area contributed by atoms with Gasteiger partial charge in [0.15, 0.2) is 9.84 Å². The summed E-state index contributed by atoms with van der Waals surface area (Å²) in [6.07, 6.45) is 1.35. The quantitative estimate of drug-likeness (QED) is 0.835. The van der Waals surface area contributed by atoms with E-state index >= 15 is 0 Å². The SMILES string of the molecule is COc1ccccc1CN1CCC(S(=O)(=O)c2ccccc2)CC1. The maximum atomic E-state index is 12.7. The summed E-state index contributed by atoms with van der Waals surface area (Å²) in [5.74, 6) is 0.886. The maximum Gasteiger partial charge on any atom is 0.181 e. The minimum atomic E-state index is -3.22. The van der Waals surface area contributed by atoms with Crippen molar-refractivity contribution in [1.82, 2.24) is 4.90 Å². The van der Waals surface area contributed by atoms with Crippen molar-refractivity contribution < 1.29 is 13.2 Å². The topological polar surface area (TPSA) is 46.6 Å². The van der Waals surface area contributed by atoms with Crippen molar-refractivity contribution in [3.05, 3.63) is 60.2 Å². The number of piperidine rings is 1. The summed E-state index contributed by atoms with van der Waals surface area (Å²) in [6.45, 7) is 2.37. The summed E-state index contributed by atoms with van der Waals surface area (Å²) in [6, 6.07) is 16.8. The molecular formula is C19H23NO3S. The molecule has 0 unspecified atom stereocenters. The van der Waals surface area contributed by atoms with E-state index in [2.05, 4.69) is 11.0 Å². The highest BCUT2D eigenvalue weighted by molar-refractivity contribution is 7.92. The molecule has 1 heterocycles. The summed E-state index contributed by atoms with van der Waals surface area (Å²) >= 11 is 0. The number of para-hydroxylation sites is 1. The minimum absolute atomic E-state index is 0.284. The molecule has 5 heteroatoms. The molecule has 4 nitrogen and oxygen atoms in total. The molecule has 2 aromatic carbocycles. The molecule has 0 radical (unpaired) electrons. The maximum absolute atomic E-state index is 12.7. The van der Waals surface area contributed by atoms with Gasteiger partial charge in [-0.1, -0.05) is 36.4 Å². The summed E-state index contributed by atoms with van der Waals surface area (Å²) in [7, 11) is -1.54. The highest BCUT2D eigenvalue weighted by Crippen LogP contribution is 2.26. The zero-order valence-electron chi connectivity index (χ0n) is 13.9. The fraction of sp³-hybridized carbons (Fsp3) is 0.368. The van der Waals surface area contributed by atoms with Crippen molar-refractivity contribution in [3.63, 3.8) is 0 Å². The molecule has 0 N–H and O–H groups in total. The molecule has 1 saturated heterocycles. The van der Waals surface area contributed by atoms with Crippen LogP contribution in [0.3, 0.4) is 0 Å². The number of ether oxygens (including phenoxy) is 1. The third kappa shape index (κ3) is 3.62. The molecule has 24 heavy (non-hydrogen) atoms. The van der Waals surface area contributed by atoms with Gasteiger partial charge in [0, 0.05) is 12.1 Å². The monoisotopic (exact) mass is 345 g/mol. The molecule has 128 valence electrons. The zero-order valence-corrected chi connectivity index (χ0v) is 14.7. The van der Waals surface area contributed by atoms with Gasteiger partial charge in [-0.3, -0.25) is 4.90 Å². The number of hydrogen-bond donors (Lipinski definition) is 0. The van der Waals surface area contributed by atoms with Crippen molar-refractivity contribution in [2.75, 3.05) is 20.2 Å². The van der Waals surface area contributed by atoms with Crippen molar-refractivity contribution in [2.24, 2.45) is 0 Å². The van der Waals surface area contributed by atoms with Gasteiger partial charge in [0.1, 0.15) is 5.75 Å². The van der Waals surface area contributed by atoms with E-state index in [9.17, 15) is 8.42 Å². The van der Waals surface area contributed by atoms with Crippen molar-refractivity contribution in [2.45, 2.75) is 29.5 Å². The Kier molecular flexibility index (Phi) is 5.21. The third-order valence-electron chi connectivity index (χ3n) is 4.63. The molecule has 0 saturated carbocycles. The van der Waals surface area contributed by atoms with Gasteiger partial charge in [-0.25, -0.2) is 8.42 Å². The van der Waals surface area contributed by atoms with Crippen LogP contribution in [0.5, 0.6) is 5.75 Å². The van der Waals surface area contributed by atoms with Crippen molar-refractivity contribution in [1.29, 1.82) is 0 Å². The summed E-state index contributed by atoms with van der Waals surface area (Å²) in [5, 5.41) is -0.284. The average Bonchev–Trinajstić information content (AvgIpc) is 2.63. The highest BCUT2D eigenvalue weighted by Gasteiger charge is 2.31. The summed E-state index contributed by atoms with van der Waals surface area (Å²) in [5.41, 5.74) is 1.14. The van der Waals surface area contributed by atoms with Crippen LogP contribution >= 0.6 is 0 Å². The Morgan fingerprint density at radius 2 is 1.62 bits per heavy atom. The predicted octanol–water partition coefficient (Wildman–Crippen LogP) is 3.13. The fourth-order valence-electron chi connectivity index (χ4n) is 3.25. The molecule has 3 rings (SSSR count). The Bertz CT molecular complexity index is 766. The van der Waals surface area contributed by atoms with Gasteiger partial charge in [-0.05, 0) is 44.1 Å². The van der Waals surface area contributed by atoms with Gasteiger partial charge >= 0.3 is 0 Å². The number of nitrogens with zero attached hydrogens (tertiary/aromatic N) is 1. The first-order chi connectivity index (χ1) is 11.6. The average molecular weight is 345 g/mol. The van der Waals surface area contributed by atoms with Crippen molar-refractivity contribution in [3.8, 4) is 5.75 Å². The number of likely N-dealkylation sites (tertiary alicyclic amines) is 1. The number of methoxy groups -OCH3 is 1. The first-order valence-electron chi connectivity index (χ1n) is 8.24. The van der Waals surface area contributed by atoms with E-state index in [1.165, 1.54) is 0 Å². The predicted molar refractivity (Wildman–Crippen MR) is 94.9 cm³/mol. The minimum Gasteiger partial charge on any atom is -0.496 e. The van der Waals surface area contributed by atoms with Crippen LogP contribution in [0.25, 0.3) is 0 Å². The van der Waals surface area contributed by atoms with Crippen LogP contribution in [0.1, 0.15) is 18.4 Å². The lowest BCUT2D eigenvalue weighted by Crippen LogP contribution is -2.38. The molecule has 1 fully saturated rings. The van der Waals surface area contributed by atoms with E-state index < -0.39 is 9.84 Å². The van der Waals surface area contributed by atoms with E-state index in [-0.39, 0.29) is 5.25 Å². The lowest BCUT2D eigenvalue weighted by molar-refractivity contribution is 0.219. The molecule has 0 aromatic heterocycles. The van der Waals surface area contributed by atoms with Crippen LogP contribution in [0.4, 0.5) is 0 Å². The Balaban J connectivity index is 1.64. The van der Waals surface area contributed by atoms with E-state index in [4.69, 9.17) is 4.74 Å². The van der Waals surface area contributed by atoms with Crippen LogP contribution in [0, 0.1) is 0 Å². The molecule has 0 atom stereocenters. The molecule has 0 bridgehead atoms. The lowest BCUT2D eigenvalue weighted by Gasteiger charge is -2.32. The number of benzene rings is 2. The smallest absolute Gasteiger partial charge is 0.181 e. The number of sulfone groups is 1. The van der Waals surface area contributed by atoms with Gasteiger partial charge in [0.25, 0.3) is 0 Å². The first kappa shape index (κ1) is 17.0. The largest absolute Gasteiger partial charge is 0.496 e. The standard InChI is InChI=1S/C19H23NO3S/c1-23-19-10-6-5-7-16(19)15-20-13-11-18(12-14-20)24(21,22)17-8-3-2-4-9-17/h2-10,18H,11-15H2,1H3. The van der Waals surface area contributed by atoms with Crippen LogP contribution in [0.15, 0.2) is 59.5 Å². The van der Waals surface area contributed by atoms with Crippen molar-refractivity contribution >= 4 is 9.84 Å². The normalized spacial score (nSPS) is 16.9. The Hall–Kier alpha value is -1.85. The number of rotatable bonds is 5. The second kappa shape index (κ2) is 7.36. The Morgan fingerprint density at radius 3 is 2.29 bits per heavy atom. The fourth-order valence-corrected chi connectivity index (χ4v) is 5.01. The van der Waals surface area contributed by atoms with Gasteiger partial charge < -0.3 is 4.74 Å². The Labute approximate surface area is 144 Å². The second-order valence-corrected chi connectivity index (χ2v) is 8.37. The van der Waals surface area contributed by atoms with E-state index in [1.54, 1.807) is 31.4 Å². The van der Waals surface area contributed by atoms with E-state index in [0.717, 1.165) is 30.9 Å². The third-order valence-corrected chi connectivity index (χ3v) is 6.91. The van der Waals surface area contributed by atoms with Gasteiger partial charge in [-0.2, -0.15) is 0 Å². The van der Waals surface area contributed by atoms with Gasteiger partial charge in [0.05, 0.1) is 17.3 Å².